The molecule has 0 saturated carbocycles. The summed E-state index contributed by atoms with van der Waals surface area (Å²) in [5.74, 6) is 1.53. The van der Waals surface area contributed by atoms with Gasteiger partial charge in [-0.3, -0.25) is 4.57 Å². The molecule has 0 amide bonds. The fourth-order valence-corrected chi connectivity index (χ4v) is 4.53. The number of hydrogen-bond acceptors (Lipinski definition) is 6. The number of aryl methyl sites for hydroxylation is 1. The van der Waals surface area contributed by atoms with Crippen LogP contribution in [0, 0.1) is 13.8 Å². The smallest absolute Gasteiger partial charge is 0.236 e. The first-order chi connectivity index (χ1) is 14.4. The minimum Gasteiger partial charge on any atom is -0.354 e. The van der Waals surface area contributed by atoms with Crippen molar-refractivity contribution in [3.63, 3.8) is 0 Å². The lowest BCUT2D eigenvalue weighted by molar-refractivity contribution is 0.389. The van der Waals surface area contributed by atoms with Gasteiger partial charge >= 0.3 is 0 Å². The highest BCUT2D eigenvalue weighted by Crippen LogP contribution is 2.19. The maximum Gasteiger partial charge on any atom is 0.236 e. The van der Waals surface area contributed by atoms with Crippen molar-refractivity contribution in [2.75, 3.05) is 31.1 Å². The average molecular weight is 425 g/mol. The monoisotopic (exact) mass is 424 g/mol. The molecule has 0 spiro atoms. The van der Waals surface area contributed by atoms with Gasteiger partial charge in [0.25, 0.3) is 0 Å². The largest absolute Gasteiger partial charge is 0.354 e. The van der Waals surface area contributed by atoms with Gasteiger partial charge in [0.2, 0.25) is 10.0 Å². The summed E-state index contributed by atoms with van der Waals surface area (Å²) in [4.78, 5) is 15.1. The molecule has 1 aromatic carbocycles. The Morgan fingerprint density at radius 3 is 2.30 bits per heavy atom. The van der Waals surface area contributed by atoms with Gasteiger partial charge in [-0.1, -0.05) is 30.3 Å². The highest BCUT2D eigenvalue weighted by Gasteiger charge is 2.26. The molecule has 4 rings (SSSR count). The Morgan fingerprint density at radius 2 is 1.63 bits per heavy atom. The molecule has 156 valence electrons. The van der Waals surface area contributed by atoms with E-state index in [2.05, 4.69) is 19.9 Å². The van der Waals surface area contributed by atoms with E-state index in [1.807, 2.05) is 54.8 Å². The molecule has 3 aromatic rings. The summed E-state index contributed by atoms with van der Waals surface area (Å²) >= 11 is 0. The molecule has 1 aliphatic rings. The molecule has 0 radical (unpaired) electrons. The molecule has 30 heavy (non-hydrogen) atoms. The quantitative estimate of drug-likeness (QED) is 0.625. The molecule has 1 aliphatic heterocycles. The Morgan fingerprint density at radius 1 is 0.933 bits per heavy atom. The minimum atomic E-state index is -3.46. The molecule has 0 N–H and O–H groups in total. The van der Waals surface area contributed by atoms with Crippen LogP contribution in [0.5, 0.6) is 0 Å². The van der Waals surface area contributed by atoms with Gasteiger partial charge in [-0.05, 0) is 25.5 Å². The molecular weight excluding hydrogens is 400 g/mol. The van der Waals surface area contributed by atoms with Gasteiger partial charge in [0.1, 0.15) is 24.3 Å². The van der Waals surface area contributed by atoms with Crippen LogP contribution in [-0.2, 0) is 10.0 Å². The molecule has 2 aromatic heterocycles. The highest BCUT2D eigenvalue weighted by molar-refractivity contribution is 7.92. The Labute approximate surface area is 176 Å². The summed E-state index contributed by atoms with van der Waals surface area (Å²) < 4.78 is 28.8. The standard InChI is InChI=1S/C21H24N6O2S/c1-17-18(2)27(16-24-17)21-14-20(22-15-23-21)25-9-11-26(12-10-25)30(28,29)13-8-19-6-4-3-5-7-19/h3-8,13-16H,9-12H2,1-2H3/b13-8+. The van der Waals surface area contributed by atoms with Crippen molar-refractivity contribution in [2.24, 2.45) is 0 Å². The number of aromatic nitrogens is 4. The van der Waals surface area contributed by atoms with Crippen molar-refractivity contribution in [3.05, 3.63) is 71.4 Å². The lowest BCUT2D eigenvalue weighted by Gasteiger charge is -2.34. The Kier molecular flexibility index (Phi) is 5.65. The Hall–Kier alpha value is -3.04. The van der Waals surface area contributed by atoms with Gasteiger partial charge in [-0.2, -0.15) is 4.31 Å². The number of nitrogens with zero attached hydrogens (tertiary/aromatic N) is 6. The summed E-state index contributed by atoms with van der Waals surface area (Å²) in [6.07, 6.45) is 4.92. The van der Waals surface area contributed by atoms with Crippen molar-refractivity contribution in [1.82, 2.24) is 23.8 Å². The second-order valence-corrected chi connectivity index (χ2v) is 8.98. The van der Waals surface area contributed by atoms with Gasteiger partial charge in [-0.25, -0.2) is 23.4 Å². The van der Waals surface area contributed by atoms with Gasteiger partial charge < -0.3 is 4.90 Å². The van der Waals surface area contributed by atoms with Crippen LogP contribution in [0.25, 0.3) is 11.9 Å². The first-order valence-corrected chi connectivity index (χ1v) is 11.3. The van der Waals surface area contributed by atoms with Gasteiger partial charge in [0.15, 0.2) is 0 Å². The van der Waals surface area contributed by atoms with Crippen LogP contribution < -0.4 is 4.90 Å². The van der Waals surface area contributed by atoms with Gasteiger partial charge in [-0.15, -0.1) is 0 Å². The molecule has 1 fully saturated rings. The normalized spacial score (nSPS) is 15.7. The van der Waals surface area contributed by atoms with Crippen molar-refractivity contribution >= 4 is 21.9 Å². The van der Waals surface area contributed by atoms with Crippen LogP contribution in [0.3, 0.4) is 0 Å². The Balaban J connectivity index is 1.44. The second-order valence-electron chi connectivity index (χ2n) is 7.16. The lowest BCUT2D eigenvalue weighted by atomic mass is 10.2. The summed E-state index contributed by atoms with van der Waals surface area (Å²) in [6.45, 7) is 5.90. The lowest BCUT2D eigenvalue weighted by Crippen LogP contribution is -2.48. The van der Waals surface area contributed by atoms with E-state index in [4.69, 9.17) is 0 Å². The molecule has 8 nitrogen and oxygen atoms in total. The van der Waals surface area contributed by atoms with E-state index < -0.39 is 10.0 Å². The zero-order chi connectivity index (χ0) is 21.1. The predicted molar refractivity (Wildman–Crippen MR) is 117 cm³/mol. The molecule has 0 unspecified atom stereocenters. The van der Waals surface area contributed by atoms with Crippen LogP contribution >= 0.6 is 0 Å². The van der Waals surface area contributed by atoms with E-state index in [-0.39, 0.29) is 0 Å². The molecule has 0 atom stereocenters. The molecule has 3 heterocycles. The summed E-state index contributed by atoms with van der Waals surface area (Å²) in [5.41, 5.74) is 2.84. The van der Waals surface area contributed by atoms with E-state index in [1.54, 1.807) is 12.4 Å². The second kappa shape index (κ2) is 8.37. The maximum atomic E-state index is 12.7. The van der Waals surface area contributed by atoms with Crippen LogP contribution in [0.4, 0.5) is 5.82 Å². The third-order valence-corrected chi connectivity index (χ3v) is 6.86. The predicted octanol–water partition coefficient (Wildman–Crippen LogP) is 2.40. The SMILES string of the molecule is Cc1ncn(-c2cc(N3CCN(S(=O)(=O)/C=C/c4ccccc4)CC3)ncn2)c1C. The third kappa shape index (κ3) is 4.27. The third-order valence-electron chi connectivity index (χ3n) is 5.29. The van der Waals surface area contributed by atoms with Crippen LogP contribution in [0.1, 0.15) is 17.0 Å². The van der Waals surface area contributed by atoms with Crippen LogP contribution in [0.2, 0.25) is 0 Å². The molecule has 0 aliphatic carbocycles. The number of sulfonamides is 1. The number of benzene rings is 1. The minimum absolute atomic E-state index is 0.407. The summed E-state index contributed by atoms with van der Waals surface area (Å²) in [7, 11) is -3.46. The number of anilines is 1. The van der Waals surface area contributed by atoms with E-state index in [0.29, 0.717) is 26.2 Å². The van der Waals surface area contributed by atoms with Crippen LogP contribution in [-0.4, -0.2) is 58.4 Å². The first-order valence-electron chi connectivity index (χ1n) is 9.75. The topological polar surface area (TPSA) is 84.2 Å². The van der Waals surface area contributed by atoms with E-state index in [1.165, 1.54) is 16.0 Å². The summed E-state index contributed by atoms with van der Waals surface area (Å²) in [5, 5.41) is 1.28. The van der Waals surface area contributed by atoms with Crippen molar-refractivity contribution in [1.29, 1.82) is 0 Å². The number of piperazine rings is 1. The van der Waals surface area contributed by atoms with Gasteiger partial charge in [0, 0.05) is 43.3 Å². The fourth-order valence-electron chi connectivity index (χ4n) is 3.36. The first kappa shape index (κ1) is 20.2. The van der Waals surface area contributed by atoms with Crippen molar-refractivity contribution < 1.29 is 8.42 Å². The fraction of sp³-hybridized carbons (Fsp3) is 0.286. The zero-order valence-electron chi connectivity index (χ0n) is 17.0. The van der Waals surface area contributed by atoms with Crippen molar-refractivity contribution in [3.8, 4) is 5.82 Å². The van der Waals surface area contributed by atoms with E-state index >= 15 is 0 Å². The zero-order valence-corrected chi connectivity index (χ0v) is 17.8. The van der Waals surface area contributed by atoms with E-state index in [0.717, 1.165) is 28.6 Å². The molecule has 1 saturated heterocycles. The van der Waals surface area contributed by atoms with Gasteiger partial charge in [0.05, 0.1) is 5.69 Å². The number of imidazole rings is 1. The summed E-state index contributed by atoms with van der Waals surface area (Å²) in [6, 6.07) is 11.3. The molecule has 0 bridgehead atoms. The molecular formula is C21H24N6O2S. The van der Waals surface area contributed by atoms with Crippen LogP contribution in [0.15, 0.2) is 54.5 Å². The number of hydrogen-bond donors (Lipinski definition) is 0. The van der Waals surface area contributed by atoms with E-state index in [9.17, 15) is 8.42 Å². The average Bonchev–Trinajstić information content (AvgIpc) is 3.12. The number of rotatable bonds is 5. The molecule has 9 heteroatoms. The maximum absolute atomic E-state index is 12.7. The Bertz CT molecular complexity index is 1150. The van der Waals surface area contributed by atoms with Crippen molar-refractivity contribution in [2.45, 2.75) is 13.8 Å². The highest BCUT2D eigenvalue weighted by atomic mass is 32.2.